The summed E-state index contributed by atoms with van der Waals surface area (Å²) in [5.74, 6) is -1.04. The van der Waals surface area contributed by atoms with E-state index in [1.807, 2.05) is 90.7 Å². The zero-order valence-electron chi connectivity index (χ0n) is 29.8. The lowest BCUT2D eigenvalue weighted by atomic mass is 9.76. The molecule has 0 bridgehead atoms. The number of rotatable bonds is 12. The van der Waals surface area contributed by atoms with Crippen molar-refractivity contribution in [3.8, 4) is 0 Å². The van der Waals surface area contributed by atoms with Gasteiger partial charge in [0, 0.05) is 32.1 Å². The van der Waals surface area contributed by atoms with Crippen LogP contribution in [-0.4, -0.2) is 103 Å². The van der Waals surface area contributed by atoms with Gasteiger partial charge in [0.15, 0.2) is 0 Å². The molecule has 0 saturated carbocycles. The summed E-state index contributed by atoms with van der Waals surface area (Å²) in [6.07, 6.45) is -0.639. The number of hydrogen-bond donors (Lipinski definition) is 1. The van der Waals surface area contributed by atoms with Gasteiger partial charge in [-0.25, -0.2) is 4.79 Å². The molecule has 1 unspecified atom stereocenters. The Morgan fingerprint density at radius 3 is 1.80 bits per heavy atom. The normalized spacial score (nSPS) is 15.2. The molecule has 1 rings (SSSR count). The van der Waals surface area contributed by atoms with E-state index in [9.17, 15) is 19.2 Å². The summed E-state index contributed by atoms with van der Waals surface area (Å²) in [4.78, 5) is 58.9. The van der Waals surface area contributed by atoms with E-state index in [4.69, 9.17) is 9.47 Å². The van der Waals surface area contributed by atoms with Gasteiger partial charge in [-0.15, -0.1) is 0 Å². The Morgan fingerprint density at radius 2 is 1.36 bits per heavy atom. The van der Waals surface area contributed by atoms with Crippen LogP contribution in [0.5, 0.6) is 0 Å². The van der Waals surface area contributed by atoms with Crippen LogP contribution < -0.4 is 5.32 Å². The Morgan fingerprint density at radius 1 is 0.841 bits per heavy atom. The van der Waals surface area contributed by atoms with Gasteiger partial charge in [-0.1, -0.05) is 78.8 Å². The van der Waals surface area contributed by atoms with E-state index in [0.29, 0.717) is 6.54 Å². The predicted molar refractivity (Wildman–Crippen MR) is 174 cm³/mol. The van der Waals surface area contributed by atoms with Gasteiger partial charge in [0.05, 0.1) is 7.11 Å². The maximum absolute atomic E-state index is 14.3. The van der Waals surface area contributed by atoms with Crippen LogP contribution >= 0.6 is 0 Å². The van der Waals surface area contributed by atoms with Gasteiger partial charge in [-0.2, -0.15) is 0 Å². The highest BCUT2D eigenvalue weighted by atomic mass is 16.6. The topological polar surface area (TPSA) is 108 Å². The second kappa shape index (κ2) is 15.2. The summed E-state index contributed by atoms with van der Waals surface area (Å²) in [5.41, 5.74) is -1.42. The minimum atomic E-state index is -1.00. The first-order chi connectivity index (χ1) is 20.0. The molecular weight excluding hydrogens is 560 g/mol. The molecule has 0 aliphatic carbocycles. The van der Waals surface area contributed by atoms with Crippen molar-refractivity contribution in [1.29, 1.82) is 0 Å². The maximum Gasteiger partial charge on any atom is 0.410 e. The lowest BCUT2D eigenvalue weighted by molar-refractivity contribution is -0.147. The maximum atomic E-state index is 14.3. The molecular formula is C34H58N4O6. The molecule has 0 spiro atoms. The first-order valence-electron chi connectivity index (χ1n) is 15.3. The molecule has 0 aromatic heterocycles. The number of hydrogen-bond acceptors (Lipinski definition) is 7. The highest BCUT2D eigenvalue weighted by molar-refractivity contribution is 5.93. The number of esters is 1. The molecule has 250 valence electrons. The fourth-order valence-corrected chi connectivity index (χ4v) is 5.27. The lowest BCUT2D eigenvalue weighted by Gasteiger charge is -2.43. The molecule has 0 aliphatic rings. The first kappa shape index (κ1) is 38.9. The molecule has 0 fully saturated rings. The van der Waals surface area contributed by atoms with E-state index in [0.717, 1.165) is 5.56 Å². The molecule has 1 aromatic carbocycles. The van der Waals surface area contributed by atoms with Gasteiger partial charge in [0.25, 0.3) is 0 Å². The summed E-state index contributed by atoms with van der Waals surface area (Å²) in [7, 11) is 6.45. The third-order valence-electron chi connectivity index (χ3n) is 8.21. The van der Waals surface area contributed by atoms with E-state index in [-0.39, 0.29) is 23.8 Å². The molecule has 0 heterocycles. The van der Waals surface area contributed by atoms with Gasteiger partial charge in [0.2, 0.25) is 11.8 Å². The third-order valence-corrected chi connectivity index (χ3v) is 8.21. The Bertz CT molecular complexity index is 1120. The largest absolute Gasteiger partial charge is 0.468 e. The van der Waals surface area contributed by atoms with Crippen LogP contribution in [-0.2, 0) is 29.3 Å². The number of benzene rings is 1. The fraction of sp³-hybridized carbons (Fsp3) is 0.706. The molecule has 0 aliphatic heterocycles. The van der Waals surface area contributed by atoms with E-state index >= 15 is 0 Å². The number of amides is 3. The summed E-state index contributed by atoms with van der Waals surface area (Å²) in [6.45, 7) is 21.0. The summed E-state index contributed by atoms with van der Waals surface area (Å²) < 4.78 is 10.6. The number of likely N-dealkylation sites (N-methyl/N-ethyl adjacent to an activating group) is 3. The Kier molecular flexibility index (Phi) is 13.5. The highest BCUT2D eigenvalue weighted by Crippen LogP contribution is 2.32. The van der Waals surface area contributed by atoms with Crippen LogP contribution in [0.1, 0.15) is 81.7 Å². The van der Waals surface area contributed by atoms with Crippen LogP contribution in [0.4, 0.5) is 4.79 Å². The number of nitrogens with one attached hydrogen (secondary N) is 1. The monoisotopic (exact) mass is 618 g/mol. The first-order valence-corrected chi connectivity index (χ1v) is 15.3. The van der Waals surface area contributed by atoms with Gasteiger partial charge in [-0.3, -0.25) is 24.2 Å². The van der Waals surface area contributed by atoms with Crippen LogP contribution in [0.15, 0.2) is 30.3 Å². The number of carbonyl (C=O) groups is 4. The number of methoxy groups -OCH3 is 1. The average molecular weight is 619 g/mol. The fourth-order valence-electron chi connectivity index (χ4n) is 5.27. The zero-order chi connectivity index (χ0) is 34.4. The van der Waals surface area contributed by atoms with Crippen molar-refractivity contribution in [2.24, 2.45) is 11.3 Å². The molecule has 1 aromatic rings. The van der Waals surface area contributed by atoms with Crippen molar-refractivity contribution in [2.75, 3.05) is 34.8 Å². The van der Waals surface area contributed by atoms with Crippen LogP contribution in [0.25, 0.3) is 0 Å². The van der Waals surface area contributed by atoms with E-state index in [1.165, 1.54) is 12.0 Å². The van der Waals surface area contributed by atoms with E-state index in [1.54, 1.807) is 46.7 Å². The standard InChI is InChI=1S/C34H58N4O6/c1-22(2)25(21-36(12)23(3)30(41)43-15)37(13)29(40)26(32(4,5)6)35-28(39)27(38(14)31(42)44-33(7,8)9)34(10,11)24-19-17-16-18-20-24/h16-20,22-23,25-27H,21H2,1-15H3,(H,35,39)/t23?,25-,26-,27-/m1/s1. The van der Waals surface area contributed by atoms with Crippen molar-refractivity contribution < 1.29 is 28.7 Å². The van der Waals surface area contributed by atoms with Crippen LogP contribution in [0, 0.1) is 11.3 Å². The highest BCUT2D eigenvalue weighted by Gasteiger charge is 2.46. The second-order valence-corrected chi connectivity index (χ2v) is 14.8. The zero-order valence-corrected chi connectivity index (χ0v) is 29.8. The molecule has 0 saturated heterocycles. The summed E-state index contributed by atoms with van der Waals surface area (Å²) in [6, 6.07) is 6.84. The van der Waals surface area contributed by atoms with E-state index < -0.39 is 46.6 Å². The number of carbonyl (C=O) groups excluding carboxylic acids is 4. The second-order valence-electron chi connectivity index (χ2n) is 14.8. The van der Waals surface area contributed by atoms with Gasteiger partial charge < -0.3 is 19.7 Å². The number of nitrogens with zero attached hydrogens (tertiary/aromatic N) is 3. The quantitative estimate of drug-likeness (QED) is 0.338. The van der Waals surface area contributed by atoms with Gasteiger partial charge >= 0.3 is 12.1 Å². The van der Waals surface area contributed by atoms with Gasteiger partial charge in [0.1, 0.15) is 23.7 Å². The van der Waals surface area contributed by atoms with Crippen molar-refractivity contribution in [3.63, 3.8) is 0 Å². The van der Waals surface area contributed by atoms with Crippen LogP contribution in [0.2, 0.25) is 0 Å². The minimum absolute atomic E-state index is 0.0515. The average Bonchev–Trinajstić information content (AvgIpc) is 2.91. The Hall–Kier alpha value is -3.14. The summed E-state index contributed by atoms with van der Waals surface area (Å²) >= 11 is 0. The smallest absolute Gasteiger partial charge is 0.410 e. The SMILES string of the molecule is COC(=O)C(C)N(C)C[C@H](C(C)C)N(C)C(=O)[C@@H](NC(=O)[C@@H](N(C)C(=O)OC(C)(C)C)C(C)(C)c1ccccc1)C(C)(C)C. The molecule has 44 heavy (non-hydrogen) atoms. The van der Waals surface area contributed by atoms with Crippen molar-refractivity contribution in [1.82, 2.24) is 20.0 Å². The van der Waals surface area contributed by atoms with Crippen LogP contribution in [0.3, 0.4) is 0 Å². The molecule has 1 N–H and O–H groups in total. The third kappa shape index (κ3) is 10.2. The van der Waals surface area contributed by atoms with Crippen molar-refractivity contribution in [2.45, 2.75) is 111 Å². The molecule has 10 nitrogen and oxygen atoms in total. The lowest BCUT2D eigenvalue weighted by Crippen LogP contribution is -2.63. The Balaban J connectivity index is 3.52. The summed E-state index contributed by atoms with van der Waals surface area (Å²) in [5, 5.41) is 3.04. The van der Waals surface area contributed by atoms with Crippen molar-refractivity contribution >= 4 is 23.9 Å². The molecule has 3 amide bonds. The molecule has 10 heteroatoms. The van der Waals surface area contributed by atoms with E-state index in [2.05, 4.69) is 5.32 Å². The molecule has 0 radical (unpaired) electrons. The number of ether oxygens (including phenoxy) is 2. The minimum Gasteiger partial charge on any atom is -0.468 e. The Labute approximate surface area is 265 Å². The predicted octanol–water partition coefficient (Wildman–Crippen LogP) is 4.71. The van der Waals surface area contributed by atoms with Gasteiger partial charge in [-0.05, 0) is 51.6 Å². The molecule has 4 atom stereocenters. The van der Waals surface area contributed by atoms with Crippen molar-refractivity contribution in [3.05, 3.63) is 35.9 Å².